The van der Waals surface area contributed by atoms with Crippen LogP contribution in [0.5, 0.6) is 0 Å². The third-order valence-corrected chi connectivity index (χ3v) is 4.62. The average molecular weight is 280 g/mol. The lowest BCUT2D eigenvalue weighted by molar-refractivity contribution is 0.0850. The molecule has 0 heterocycles. The molecule has 0 bridgehead atoms. The summed E-state index contributed by atoms with van der Waals surface area (Å²) in [5.41, 5.74) is -0.0105. The molecule has 0 aliphatic heterocycles. The Morgan fingerprint density at radius 3 is 2.30 bits per heavy atom. The van der Waals surface area contributed by atoms with Crippen LogP contribution in [0.1, 0.15) is 55.5 Å². The Hall–Kier alpha value is -1.25. The molecule has 1 nitrogen and oxygen atoms in total. The maximum Gasteiger partial charge on any atom is 0.171 e. The van der Waals surface area contributed by atoms with Crippen molar-refractivity contribution in [3.05, 3.63) is 34.9 Å². The molecule has 1 fully saturated rings. The number of benzene rings is 1. The number of halogens is 2. The number of ketones is 1. The van der Waals surface area contributed by atoms with Gasteiger partial charge in [0.15, 0.2) is 5.78 Å². The van der Waals surface area contributed by atoms with Gasteiger partial charge >= 0.3 is 0 Å². The topological polar surface area (TPSA) is 17.1 Å². The lowest BCUT2D eigenvalue weighted by Gasteiger charge is -2.30. The number of Topliss-reactive ketones (excluding diaryl/α,β-unsaturated/α-hetero) is 1. The number of carbonyl (C=O) groups excluding carboxylic acids is 1. The molecule has 110 valence electrons. The van der Waals surface area contributed by atoms with E-state index in [-0.39, 0.29) is 17.3 Å². The van der Waals surface area contributed by atoms with Crippen molar-refractivity contribution in [2.75, 3.05) is 0 Å². The van der Waals surface area contributed by atoms with Crippen LogP contribution in [-0.4, -0.2) is 5.78 Å². The van der Waals surface area contributed by atoms with Gasteiger partial charge in [0.2, 0.25) is 0 Å². The minimum Gasteiger partial charge on any atom is -0.294 e. The van der Waals surface area contributed by atoms with E-state index in [1.807, 2.05) is 0 Å². The van der Waals surface area contributed by atoms with Gasteiger partial charge in [-0.3, -0.25) is 4.79 Å². The van der Waals surface area contributed by atoms with Crippen LogP contribution in [0, 0.1) is 36.3 Å². The second kappa shape index (κ2) is 6.02. The summed E-state index contributed by atoms with van der Waals surface area (Å²) in [5.74, 6) is -0.767. The Morgan fingerprint density at radius 1 is 1.15 bits per heavy atom. The van der Waals surface area contributed by atoms with Crippen LogP contribution in [0.3, 0.4) is 0 Å². The van der Waals surface area contributed by atoms with Crippen molar-refractivity contribution in [2.24, 2.45) is 17.8 Å². The second-order valence-electron chi connectivity index (χ2n) is 6.27. The van der Waals surface area contributed by atoms with Crippen LogP contribution in [0.2, 0.25) is 0 Å². The molecule has 1 aromatic carbocycles. The van der Waals surface area contributed by atoms with E-state index in [1.54, 1.807) is 6.92 Å². The fourth-order valence-electron chi connectivity index (χ4n) is 3.13. The van der Waals surface area contributed by atoms with Gasteiger partial charge < -0.3 is 0 Å². The molecule has 20 heavy (non-hydrogen) atoms. The highest BCUT2D eigenvalue weighted by atomic mass is 19.1. The van der Waals surface area contributed by atoms with Crippen LogP contribution in [0.4, 0.5) is 8.78 Å². The zero-order valence-corrected chi connectivity index (χ0v) is 12.4. The molecule has 3 heteroatoms. The van der Waals surface area contributed by atoms with Crippen molar-refractivity contribution >= 4 is 5.78 Å². The quantitative estimate of drug-likeness (QED) is 0.718. The Bertz CT molecular complexity index is 500. The van der Waals surface area contributed by atoms with Crippen LogP contribution in [0.25, 0.3) is 0 Å². The zero-order valence-electron chi connectivity index (χ0n) is 12.4. The summed E-state index contributed by atoms with van der Waals surface area (Å²) < 4.78 is 27.8. The predicted molar refractivity (Wildman–Crippen MR) is 75.7 cm³/mol. The van der Waals surface area contributed by atoms with Crippen LogP contribution >= 0.6 is 0 Å². The van der Waals surface area contributed by atoms with E-state index in [2.05, 4.69) is 13.8 Å². The average Bonchev–Trinajstić information content (AvgIpc) is 2.43. The lowest BCUT2D eigenvalue weighted by atomic mass is 9.74. The van der Waals surface area contributed by atoms with E-state index in [4.69, 9.17) is 0 Å². The molecular weight excluding hydrogens is 258 g/mol. The van der Waals surface area contributed by atoms with E-state index >= 15 is 0 Å². The highest BCUT2D eigenvalue weighted by molar-refractivity contribution is 5.98. The summed E-state index contributed by atoms with van der Waals surface area (Å²) in [5, 5.41) is 0. The van der Waals surface area contributed by atoms with Crippen molar-refractivity contribution in [2.45, 2.75) is 46.5 Å². The van der Waals surface area contributed by atoms with Crippen molar-refractivity contribution < 1.29 is 13.6 Å². The summed E-state index contributed by atoms with van der Waals surface area (Å²) in [6, 6.07) is 2.56. The van der Waals surface area contributed by atoms with Gasteiger partial charge in [-0.05, 0) is 56.1 Å². The van der Waals surface area contributed by atoms with E-state index in [0.29, 0.717) is 17.4 Å². The molecule has 0 saturated heterocycles. The molecule has 1 saturated carbocycles. The summed E-state index contributed by atoms with van der Waals surface area (Å²) >= 11 is 0. The molecule has 0 radical (unpaired) electrons. The molecule has 0 N–H and O–H groups in total. The number of rotatable bonds is 3. The summed E-state index contributed by atoms with van der Waals surface area (Å²) in [7, 11) is 0. The van der Waals surface area contributed by atoms with Gasteiger partial charge in [-0.25, -0.2) is 8.78 Å². The Morgan fingerprint density at radius 2 is 1.75 bits per heavy atom. The molecule has 0 spiro atoms. The third-order valence-electron chi connectivity index (χ3n) is 4.62. The fourth-order valence-corrected chi connectivity index (χ4v) is 3.13. The molecule has 0 atom stereocenters. The predicted octanol–water partition coefficient (Wildman–Crippen LogP) is 4.92. The molecule has 0 unspecified atom stereocenters. The van der Waals surface area contributed by atoms with Crippen molar-refractivity contribution in [3.8, 4) is 0 Å². The molecule has 1 aliphatic rings. The van der Waals surface area contributed by atoms with Crippen molar-refractivity contribution in [1.82, 2.24) is 0 Å². The normalized spacial score (nSPS) is 23.1. The van der Waals surface area contributed by atoms with E-state index in [1.165, 1.54) is 12.1 Å². The van der Waals surface area contributed by atoms with Crippen LogP contribution in [0.15, 0.2) is 12.1 Å². The highest BCUT2D eigenvalue weighted by Crippen LogP contribution is 2.35. The van der Waals surface area contributed by atoms with E-state index in [9.17, 15) is 13.6 Å². The zero-order chi connectivity index (χ0) is 14.9. The van der Waals surface area contributed by atoms with E-state index < -0.39 is 11.6 Å². The molecule has 2 rings (SSSR count). The second-order valence-corrected chi connectivity index (χ2v) is 6.27. The molecular formula is C17H22F2O. The van der Waals surface area contributed by atoms with Crippen LogP contribution in [-0.2, 0) is 0 Å². The van der Waals surface area contributed by atoms with Crippen LogP contribution < -0.4 is 0 Å². The Balaban J connectivity index is 2.16. The van der Waals surface area contributed by atoms with Crippen molar-refractivity contribution in [1.29, 1.82) is 0 Å². The summed E-state index contributed by atoms with van der Waals surface area (Å²) in [6.07, 6.45) is 3.44. The van der Waals surface area contributed by atoms with Gasteiger partial charge in [0, 0.05) is 5.92 Å². The number of aryl methyl sites for hydroxylation is 1. The molecule has 1 aromatic rings. The highest BCUT2D eigenvalue weighted by Gasteiger charge is 2.31. The first-order chi connectivity index (χ1) is 9.41. The minimum absolute atomic E-state index is 0.226. The summed E-state index contributed by atoms with van der Waals surface area (Å²) in [6.45, 7) is 5.93. The van der Waals surface area contributed by atoms with Gasteiger partial charge in [-0.1, -0.05) is 19.9 Å². The van der Waals surface area contributed by atoms with E-state index in [0.717, 1.165) is 25.7 Å². The Labute approximate surface area is 119 Å². The SMILES string of the molecule is Cc1ccc(F)c(C(=O)C2CCC(C(C)C)CC2)c1F. The van der Waals surface area contributed by atoms with Gasteiger partial charge in [0.25, 0.3) is 0 Å². The van der Waals surface area contributed by atoms with Crippen molar-refractivity contribution in [3.63, 3.8) is 0 Å². The third kappa shape index (κ3) is 2.92. The minimum atomic E-state index is -0.732. The maximum atomic E-state index is 14.0. The van der Waals surface area contributed by atoms with Gasteiger partial charge in [0.05, 0.1) is 5.56 Å². The first-order valence-electron chi connectivity index (χ1n) is 7.40. The summed E-state index contributed by atoms with van der Waals surface area (Å²) in [4.78, 5) is 12.4. The standard InChI is InChI=1S/C17H22F2O/c1-10(2)12-5-7-13(8-6-12)17(20)15-14(18)9-4-11(3)16(15)19/h4,9-10,12-13H,5-8H2,1-3H3. The van der Waals surface area contributed by atoms with Gasteiger partial charge in [0.1, 0.15) is 11.6 Å². The molecule has 1 aliphatic carbocycles. The van der Waals surface area contributed by atoms with Gasteiger partial charge in [-0.2, -0.15) is 0 Å². The number of hydrogen-bond acceptors (Lipinski definition) is 1. The van der Waals surface area contributed by atoms with Gasteiger partial charge in [-0.15, -0.1) is 0 Å². The first kappa shape index (κ1) is 15.1. The lowest BCUT2D eigenvalue weighted by Crippen LogP contribution is -2.25. The molecule has 0 amide bonds. The number of hydrogen-bond donors (Lipinski definition) is 0. The Kier molecular flexibility index (Phi) is 4.56. The largest absolute Gasteiger partial charge is 0.294 e. The fraction of sp³-hybridized carbons (Fsp3) is 0.588. The number of carbonyl (C=O) groups is 1. The molecule has 0 aromatic heterocycles. The smallest absolute Gasteiger partial charge is 0.171 e. The first-order valence-corrected chi connectivity index (χ1v) is 7.40. The maximum absolute atomic E-state index is 14.0. The monoisotopic (exact) mass is 280 g/mol.